The number of amides is 2. The first-order chi connectivity index (χ1) is 12.3. The molecule has 4 heterocycles. The zero-order chi connectivity index (χ0) is 17.1. The quantitative estimate of drug-likeness (QED) is 0.927. The predicted molar refractivity (Wildman–Crippen MR) is 95.5 cm³/mol. The number of piperidine rings is 1. The molecule has 2 aromatic rings. The normalized spacial score (nSPS) is 21.5. The number of anilines is 1. The number of pyridine rings is 1. The molecule has 1 N–H and O–H groups in total. The highest BCUT2D eigenvalue weighted by Crippen LogP contribution is 2.22. The van der Waals surface area contributed by atoms with Crippen molar-refractivity contribution in [3.63, 3.8) is 0 Å². The molecule has 2 aromatic heterocycles. The first-order valence-electron chi connectivity index (χ1n) is 9.00. The van der Waals surface area contributed by atoms with Crippen molar-refractivity contribution in [2.24, 2.45) is 0 Å². The molecule has 2 aliphatic heterocycles. The van der Waals surface area contributed by atoms with E-state index in [2.05, 4.69) is 20.3 Å². The number of urea groups is 1. The van der Waals surface area contributed by atoms with Crippen LogP contribution in [0.5, 0.6) is 0 Å². The molecule has 132 valence electrons. The minimum atomic E-state index is 0.0618. The lowest BCUT2D eigenvalue weighted by Gasteiger charge is -2.32. The topological polar surface area (TPSA) is 66.3 Å². The molecule has 25 heavy (non-hydrogen) atoms. The molecule has 0 bridgehead atoms. The Bertz CT molecular complexity index is 681. The van der Waals surface area contributed by atoms with Gasteiger partial charge in [0.2, 0.25) is 0 Å². The summed E-state index contributed by atoms with van der Waals surface area (Å²) >= 11 is 0. The van der Waals surface area contributed by atoms with E-state index in [0.717, 1.165) is 51.3 Å². The second-order valence-corrected chi connectivity index (χ2v) is 6.77. The molecule has 2 saturated heterocycles. The smallest absolute Gasteiger partial charge is 0.317 e. The van der Waals surface area contributed by atoms with Crippen LogP contribution in [0, 0.1) is 0 Å². The highest BCUT2D eigenvalue weighted by molar-refractivity contribution is 5.74. The van der Waals surface area contributed by atoms with Gasteiger partial charge in [0.1, 0.15) is 5.82 Å². The Morgan fingerprint density at radius 2 is 1.96 bits per heavy atom. The van der Waals surface area contributed by atoms with Crippen molar-refractivity contribution in [2.75, 3.05) is 31.1 Å². The standard InChI is InChI=1S/C18H24N6O/c25-18(22-12-6-16(7-13-22)24-10-3-9-20-24)21-15-5-11-23(14-15)17-4-1-2-8-19-17/h1-4,8-10,15-16H,5-7,11-14H2,(H,21,25). The highest BCUT2D eigenvalue weighted by atomic mass is 16.2. The average molecular weight is 340 g/mol. The second kappa shape index (κ2) is 7.13. The number of hydrogen-bond donors (Lipinski definition) is 1. The lowest BCUT2D eigenvalue weighted by molar-refractivity contribution is 0.166. The Morgan fingerprint density at radius 1 is 1.08 bits per heavy atom. The number of nitrogens with one attached hydrogen (secondary N) is 1. The van der Waals surface area contributed by atoms with Crippen LogP contribution >= 0.6 is 0 Å². The van der Waals surface area contributed by atoms with Gasteiger partial charge in [0, 0.05) is 50.8 Å². The van der Waals surface area contributed by atoms with Gasteiger partial charge in [-0.05, 0) is 37.5 Å². The number of nitrogens with zero attached hydrogens (tertiary/aromatic N) is 5. The number of carbonyl (C=O) groups is 1. The minimum absolute atomic E-state index is 0.0618. The van der Waals surface area contributed by atoms with E-state index in [9.17, 15) is 4.79 Å². The van der Waals surface area contributed by atoms with E-state index in [1.54, 1.807) is 0 Å². The van der Waals surface area contributed by atoms with Gasteiger partial charge in [-0.25, -0.2) is 9.78 Å². The van der Waals surface area contributed by atoms with Crippen LogP contribution in [0.15, 0.2) is 42.9 Å². The van der Waals surface area contributed by atoms with E-state index in [-0.39, 0.29) is 12.1 Å². The molecule has 1 atom stereocenters. The zero-order valence-electron chi connectivity index (χ0n) is 14.3. The van der Waals surface area contributed by atoms with E-state index >= 15 is 0 Å². The van der Waals surface area contributed by atoms with Crippen LogP contribution in [0.2, 0.25) is 0 Å². The molecule has 0 spiro atoms. The summed E-state index contributed by atoms with van der Waals surface area (Å²) in [7, 11) is 0. The van der Waals surface area contributed by atoms with Crippen LogP contribution in [-0.4, -0.2) is 57.9 Å². The molecule has 0 aromatic carbocycles. The molecular formula is C18H24N6O. The summed E-state index contributed by atoms with van der Waals surface area (Å²) in [5.74, 6) is 0.985. The Hall–Kier alpha value is -2.57. The number of aromatic nitrogens is 3. The molecule has 2 aliphatic rings. The van der Waals surface area contributed by atoms with E-state index in [1.807, 2.05) is 52.4 Å². The van der Waals surface area contributed by atoms with Gasteiger partial charge < -0.3 is 15.1 Å². The van der Waals surface area contributed by atoms with Crippen LogP contribution in [0.25, 0.3) is 0 Å². The molecule has 7 nitrogen and oxygen atoms in total. The van der Waals surface area contributed by atoms with Gasteiger partial charge in [-0.15, -0.1) is 0 Å². The van der Waals surface area contributed by atoms with Crippen molar-refractivity contribution in [1.29, 1.82) is 0 Å². The summed E-state index contributed by atoms with van der Waals surface area (Å²) in [5, 5.41) is 7.51. The molecule has 2 fully saturated rings. The summed E-state index contributed by atoms with van der Waals surface area (Å²) in [4.78, 5) is 21.1. The first-order valence-corrected chi connectivity index (χ1v) is 9.00. The van der Waals surface area contributed by atoms with E-state index in [1.165, 1.54) is 0 Å². The summed E-state index contributed by atoms with van der Waals surface area (Å²) < 4.78 is 2.01. The van der Waals surface area contributed by atoms with Crippen LogP contribution in [-0.2, 0) is 0 Å². The van der Waals surface area contributed by atoms with Gasteiger partial charge in [-0.3, -0.25) is 4.68 Å². The molecule has 7 heteroatoms. The van der Waals surface area contributed by atoms with E-state index in [0.29, 0.717) is 6.04 Å². The SMILES string of the molecule is O=C(NC1CCN(c2ccccn2)C1)N1CCC(n2cccn2)CC1. The van der Waals surface area contributed by atoms with Crippen molar-refractivity contribution in [2.45, 2.75) is 31.3 Å². The Morgan fingerprint density at radius 3 is 2.68 bits per heavy atom. The summed E-state index contributed by atoms with van der Waals surface area (Å²) in [6.45, 7) is 3.33. The van der Waals surface area contributed by atoms with E-state index in [4.69, 9.17) is 0 Å². The molecule has 1 unspecified atom stereocenters. The Balaban J connectivity index is 1.26. The first kappa shape index (κ1) is 15.9. The van der Waals surface area contributed by atoms with E-state index < -0.39 is 0 Å². The molecular weight excluding hydrogens is 316 g/mol. The van der Waals surface area contributed by atoms with Gasteiger partial charge in [-0.2, -0.15) is 5.10 Å². The average Bonchev–Trinajstić information content (AvgIpc) is 3.35. The summed E-state index contributed by atoms with van der Waals surface area (Å²) in [6, 6.07) is 8.55. The maximum atomic E-state index is 12.5. The van der Waals surface area contributed by atoms with Crippen LogP contribution in [0.4, 0.5) is 10.6 Å². The number of likely N-dealkylation sites (tertiary alicyclic amines) is 1. The van der Waals surface area contributed by atoms with Gasteiger partial charge in [0.15, 0.2) is 0 Å². The summed E-state index contributed by atoms with van der Waals surface area (Å²) in [6.07, 6.45) is 8.51. The number of hydrogen-bond acceptors (Lipinski definition) is 4. The maximum absolute atomic E-state index is 12.5. The van der Waals surface area contributed by atoms with Crippen LogP contribution in [0.3, 0.4) is 0 Å². The molecule has 0 radical (unpaired) electrons. The summed E-state index contributed by atoms with van der Waals surface area (Å²) in [5.41, 5.74) is 0. The number of rotatable bonds is 3. The van der Waals surface area contributed by atoms with Crippen molar-refractivity contribution in [3.05, 3.63) is 42.9 Å². The highest BCUT2D eigenvalue weighted by Gasteiger charge is 2.28. The third kappa shape index (κ3) is 3.60. The number of carbonyl (C=O) groups excluding carboxylic acids is 1. The lowest BCUT2D eigenvalue weighted by atomic mass is 10.1. The monoisotopic (exact) mass is 340 g/mol. The van der Waals surface area contributed by atoms with Crippen molar-refractivity contribution in [1.82, 2.24) is 25.0 Å². The van der Waals surface area contributed by atoms with Gasteiger partial charge in [-0.1, -0.05) is 6.07 Å². The van der Waals surface area contributed by atoms with Crippen LogP contribution in [0.1, 0.15) is 25.3 Å². The van der Waals surface area contributed by atoms with Crippen molar-refractivity contribution < 1.29 is 4.79 Å². The van der Waals surface area contributed by atoms with Crippen molar-refractivity contribution >= 4 is 11.8 Å². The Labute approximate surface area is 147 Å². The third-order valence-electron chi connectivity index (χ3n) is 5.14. The van der Waals surface area contributed by atoms with Gasteiger partial charge >= 0.3 is 6.03 Å². The molecule has 0 aliphatic carbocycles. The van der Waals surface area contributed by atoms with Gasteiger partial charge in [0.05, 0.1) is 6.04 Å². The lowest BCUT2D eigenvalue weighted by Crippen LogP contribution is -2.48. The predicted octanol–water partition coefficient (Wildman–Crippen LogP) is 1.90. The fourth-order valence-electron chi connectivity index (χ4n) is 3.72. The Kier molecular flexibility index (Phi) is 4.54. The second-order valence-electron chi connectivity index (χ2n) is 6.77. The fourth-order valence-corrected chi connectivity index (χ4v) is 3.72. The molecule has 4 rings (SSSR count). The zero-order valence-corrected chi connectivity index (χ0v) is 14.3. The fraction of sp³-hybridized carbons (Fsp3) is 0.500. The third-order valence-corrected chi connectivity index (χ3v) is 5.14. The van der Waals surface area contributed by atoms with Gasteiger partial charge in [0.25, 0.3) is 0 Å². The van der Waals surface area contributed by atoms with Crippen molar-refractivity contribution in [3.8, 4) is 0 Å². The largest absolute Gasteiger partial charge is 0.354 e. The molecule has 0 saturated carbocycles. The molecule has 2 amide bonds. The minimum Gasteiger partial charge on any atom is -0.354 e. The maximum Gasteiger partial charge on any atom is 0.317 e. The van der Waals surface area contributed by atoms with Crippen LogP contribution < -0.4 is 10.2 Å².